The molecule has 0 amide bonds. The van der Waals surface area contributed by atoms with Crippen molar-refractivity contribution in [2.75, 3.05) is 6.54 Å². The highest BCUT2D eigenvalue weighted by atomic mass is 19.1. The van der Waals surface area contributed by atoms with Crippen LogP contribution in [-0.4, -0.2) is 21.4 Å². The van der Waals surface area contributed by atoms with Crippen molar-refractivity contribution in [2.45, 2.75) is 19.5 Å². The molecule has 28 heavy (non-hydrogen) atoms. The molecule has 5 nitrogen and oxygen atoms in total. The summed E-state index contributed by atoms with van der Waals surface area (Å²) in [5.41, 5.74) is 3.09. The first-order valence-electron chi connectivity index (χ1n) is 9.25. The van der Waals surface area contributed by atoms with E-state index >= 15 is 0 Å². The molecule has 5 rings (SSSR count). The topological polar surface area (TPSA) is 69.0 Å². The van der Waals surface area contributed by atoms with Gasteiger partial charge in [-0.25, -0.2) is 4.39 Å². The van der Waals surface area contributed by atoms with Gasteiger partial charge in [0.1, 0.15) is 5.82 Å². The first-order chi connectivity index (χ1) is 13.6. The highest BCUT2D eigenvalue weighted by Crippen LogP contribution is 2.22. The number of nitrogens with zero attached hydrogens (tertiary/aromatic N) is 1. The summed E-state index contributed by atoms with van der Waals surface area (Å²) in [7, 11) is 0. The molecule has 2 aromatic heterocycles. The third kappa shape index (κ3) is 2.73. The fraction of sp³-hybridized carbons (Fsp3) is 0.182. The second-order valence-electron chi connectivity index (χ2n) is 7.25. The minimum absolute atomic E-state index is 0.103. The van der Waals surface area contributed by atoms with Crippen LogP contribution in [-0.2, 0) is 19.5 Å². The molecule has 0 bridgehead atoms. The zero-order valence-electron chi connectivity index (χ0n) is 15.1. The Kier molecular flexibility index (Phi) is 3.87. The Morgan fingerprint density at radius 3 is 2.71 bits per heavy atom. The van der Waals surface area contributed by atoms with E-state index in [2.05, 4.69) is 14.9 Å². The Morgan fingerprint density at radius 1 is 1.04 bits per heavy atom. The van der Waals surface area contributed by atoms with Crippen molar-refractivity contribution in [3.05, 3.63) is 91.9 Å². The number of pyridine rings is 2. The summed E-state index contributed by atoms with van der Waals surface area (Å²) >= 11 is 0. The van der Waals surface area contributed by atoms with Crippen LogP contribution in [0.15, 0.2) is 58.3 Å². The fourth-order valence-corrected chi connectivity index (χ4v) is 4.08. The smallest absolute Gasteiger partial charge is 0.255 e. The molecule has 0 saturated heterocycles. The van der Waals surface area contributed by atoms with Crippen LogP contribution >= 0.6 is 0 Å². The highest BCUT2D eigenvalue weighted by molar-refractivity contribution is 5.84. The number of hydrogen-bond acceptors (Lipinski definition) is 3. The van der Waals surface area contributed by atoms with Crippen molar-refractivity contribution in [2.24, 2.45) is 0 Å². The molecular formula is C22H18FN3O2. The fourth-order valence-electron chi connectivity index (χ4n) is 4.08. The summed E-state index contributed by atoms with van der Waals surface area (Å²) in [6, 6.07) is 11.8. The van der Waals surface area contributed by atoms with Crippen molar-refractivity contribution < 1.29 is 4.39 Å². The minimum atomic E-state index is -0.412. The summed E-state index contributed by atoms with van der Waals surface area (Å²) in [5, 5.41) is 1.97. The summed E-state index contributed by atoms with van der Waals surface area (Å²) in [5.74, 6) is -0.412. The Hall–Kier alpha value is -3.25. The van der Waals surface area contributed by atoms with Gasteiger partial charge in [0.15, 0.2) is 5.43 Å². The molecule has 0 fully saturated rings. The lowest BCUT2D eigenvalue weighted by molar-refractivity contribution is 0.243. The molecule has 0 saturated carbocycles. The molecule has 0 unspecified atom stereocenters. The molecule has 6 heteroatoms. The number of hydrogen-bond donors (Lipinski definition) is 2. The van der Waals surface area contributed by atoms with Gasteiger partial charge in [-0.1, -0.05) is 18.2 Å². The molecule has 1 aliphatic heterocycles. The van der Waals surface area contributed by atoms with Gasteiger partial charge in [0.2, 0.25) is 0 Å². The van der Waals surface area contributed by atoms with Crippen LogP contribution in [0.1, 0.15) is 16.8 Å². The number of benzene rings is 2. The Labute approximate surface area is 159 Å². The van der Waals surface area contributed by atoms with Crippen LogP contribution in [0.2, 0.25) is 0 Å². The standard InChI is InChI=1S/C22H18FN3O2/c23-14-5-6-19-17(9-14)21(27)18-12-26(8-7-20(18)25-19)11-13-10-24-22(28)16-4-2-1-3-15(13)16/h1-6,9-10H,7-8,11-12H2,(H,24,28)(H,25,27). The summed E-state index contributed by atoms with van der Waals surface area (Å²) in [6.45, 7) is 1.91. The normalized spacial score (nSPS) is 14.5. The van der Waals surface area contributed by atoms with Crippen LogP contribution in [0.5, 0.6) is 0 Å². The maximum absolute atomic E-state index is 13.6. The van der Waals surface area contributed by atoms with E-state index in [0.717, 1.165) is 29.6 Å². The average molecular weight is 375 g/mol. The number of aromatic amines is 2. The number of halogens is 1. The molecule has 0 atom stereocenters. The van der Waals surface area contributed by atoms with E-state index < -0.39 is 5.82 Å². The summed E-state index contributed by atoms with van der Waals surface area (Å²) < 4.78 is 13.6. The van der Waals surface area contributed by atoms with Crippen LogP contribution in [0.4, 0.5) is 4.39 Å². The third-order valence-electron chi connectivity index (χ3n) is 5.50. The number of aromatic nitrogens is 2. The van der Waals surface area contributed by atoms with Gasteiger partial charge >= 0.3 is 0 Å². The quantitative estimate of drug-likeness (QED) is 0.566. The predicted octanol–water partition coefficient (Wildman–Crippen LogP) is 3.07. The van der Waals surface area contributed by atoms with Gasteiger partial charge in [-0.05, 0) is 35.2 Å². The van der Waals surface area contributed by atoms with Crippen molar-refractivity contribution in [1.29, 1.82) is 0 Å². The van der Waals surface area contributed by atoms with Gasteiger partial charge in [0.05, 0.1) is 0 Å². The van der Waals surface area contributed by atoms with Crippen molar-refractivity contribution in [3.8, 4) is 0 Å². The number of H-pyrrole nitrogens is 2. The lowest BCUT2D eigenvalue weighted by Crippen LogP contribution is -2.34. The van der Waals surface area contributed by atoms with E-state index in [-0.39, 0.29) is 11.0 Å². The predicted molar refractivity (Wildman–Crippen MR) is 107 cm³/mol. The molecule has 2 aromatic carbocycles. The number of nitrogens with one attached hydrogen (secondary N) is 2. The van der Waals surface area contributed by atoms with Gasteiger partial charge in [0, 0.05) is 59.8 Å². The van der Waals surface area contributed by atoms with E-state index in [4.69, 9.17) is 0 Å². The molecule has 140 valence electrons. The second-order valence-corrected chi connectivity index (χ2v) is 7.25. The average Bonchev–Trinajstić information content (AvgIpc) is 2.71. The Balaban J connectivity index is 1.52. The zero-order valence-corrected chi connectivity index (χ0v) is 15.1. The lowest BCUT2D eigenvalue weighted by Gasteiger charge is -2.28. The molecule has 3 heterocycles. The van der Waals surface area contributed by atoms with Gasteiger partial charge in [-0.15, -0.1) is 0 Å². The molecule has 4 aromatic rings. The zero-order chi connectivity index (χ0) is 19.3. The van der Waals surface area contributed by atoms with Crippen LogP contribution in [0.25, 0.3) is 21.7 Å². The maximum Gasteiger partial charge on any atom is 0.255 e. The monoisotopic (exact) mass is 375 g/mol. The molecule has 2 N–H and O–H groups in total. The molecule has 0 spiro atoms. The van der Waals surface area contributed by atoms with Crippen LogP contribution in [0, 0.1) is 5.82 Å². The maximum atomic E-state index is 13.6. The van der Waals surface area contributed by atoms with Crippen molar-refractivity contribution in [3.63, 3.8) is 0 Å². The number of fused-ring (bicyclic) bond motifs is 3. The van der Waals surface area contributed by atoms with E-state index in [0.29, 0.717) is 34.9 Å². The summed E-state index contributed by atoms with van der Waals surface area (Å²) in [6.07, 6.45) is 2.47. The molecule has 0 radical (unpaired) electrons. The minimum Gasteiger partial charge on any atom is -0.358 e. The van der Waals surface area contributed by atoms with Crippen LogP contribution < -0.4 is 11.0 Å². The third-order valence-corrected chi connectivity index (χ3v) is 5.50. The van der Waals surface area contributed by atoms with Gasteiger partial charge in [-0.2, -0.15) is 0 Å². The molecule has 1 aliphatic rings. The number of rotatable bonds is 2. The Morgan fingerprint density at radius 2 is 1.86 bits per heavy atom. The SMILES string of the molecule is O=c1c2c([nH]c3ccc(F)cc13)CCN(Cc1c[nH]c(=O)c3ccccc13)C2. The molecule has 0 aliphatic carbocycles. The van der Waals surface area contributed by atoms with Crippen molar-refractivity contribution in [1.82, 2.24) is 14.9 Å². The van der Waals surface area contributed by atoms with E-state index in [1.165, 1.54) is 12.1 Å². The first kappa shape index (κ1) is 16.9. The second kappa shape index (κ2) is 6.42. The van der Waals surface area contributed by atoms with E-state index in [1.54, 1.807) is 12.3 Å². The first-order valence-corrected chi connectivity index (χ1v) is 9.25. The largest absolute Gasteiger partial charge is 0.358 e. The van der Waals surface area contributed by atoms with Crippen LogP contribution in [0.3, 0.4) is 0 Å². The lowest BCUT2D eigenvalue weighted by atomic mass is 10.0. The van der Waals surface area contributed by atoms with E-state index in [1.807, 2.05) is 24.3 Å². The van der Waals surface area contributed by atoms with Gasteiger partial charge in [0.25, 0.3) is 5.56 Å². The van der Waals surface area contributed by atoms with Gasteiger partial charge in [-0.3, -0.25) is 14.5 Å². The van der Waals surface area contributed by atoms with Crippen molar-refractivity contribution >= 4 is 21.7 Å². The van der Waals surface area contributed by atoms with Gasteiger partial charge < -0.3 is 9.97 Å². The van der Waals surface area contributed by atoms with E-state index in [9.17, 15) is 14.0 Å². The molecular weight excluding hydrogens is 357 g/mol. The highest BCUT2D eigenvalue weighted by Gasteiger charge is 2.22. The summed E-state index contributed by atoms with van der Waals surface area (Å²) in [4.78, 5) is 33.2. The Bertz CT molecular complexity index is 1340.